The van der Waals surface area contributed by atoms with E-state index in [-0.39, 0.29) is 5.41 Å². The fraction of sp³-hybridized carbons (Fsp3) is 0.278. The van der Waals surface area contributed by atoms with Crippen LogP contribution in [0.2, 0.25) is 0 Å². The van der Waals surface area contributed by atoms with Crippen LogP contribution in [0.25, 0.3) is 11.6 Å². The fourth-order valence-corrected chi connectivity index (χ4v) is 2.74. The number of aromatic nitrogens is 1. The van der Waals surface area contributed by atoms with Crippen molar-refractivity contribution >= 4 is 11.6 Å². The predicted octanol–water partition coefficient (Wildman–Crippen LogP) is 4.48. The molecule has 0 atom stereocenters. The van der Waals surface area contributed by atoms with Crippen molar-refractivity contribution in [2.45, 2.75) is 32.6 Å². The molecule has 96 valence electrons. The van der Waals surface area contributed by atoms with Crippen LogP contribution in [0.4, 0.5) is 0 Å². The highest BCUT2D eigenvalue weighted by atomic mass is 14.7. The monoisotopic (exact) mass is 249 g/mol. The summed E-state index contributed by atoms with van der Waals surface area (Å²) < 4.78 is 0. The van der Waals surface area contributed by atoms with Gasteiger partial charge in [-0.15, -0.1) is 0 Å². The van der Waals surface area contributed by atoms with E-state index >= 15 is 0 Å². The second-order valence-corrected chi connectivity index (χ2v) is 6.19. The Morgan fingerprint density at radius 1 is 1.00 bits per heavy atom. The molecule has 3 rings (SSSR count). The average Bonchev–Trinajstić information content (AvgIpc) is 2.82. The Bertz CT molecular complexity index is 630. The van der Waals surface area contributed by atoms with Crippen LogP contribution in [-0.2, 0) is 11.8 Å². The lowest BCUT2D eigenvalue weighted by Crippen LogP contribution is -2.13. The average molecular weight is 249 g/mol. The van der Waals surface area contributed by atoms with Gasteiger partial charge in [0.05, 0.1) is 5.69 Å². The lowest BCUT2D eigenvalue weighted by molar-refractivity contribution is 0.588. The molecule has 1 heteroatoms. The van der Waals surface area contributed by atoms with Crippen LogP contribution in [0.5, 0.6) is 0 Å². The number of fused-ring (bicyclic) bond motifs is 1. The largest absolute Gasteiger partial charge is 0.257 e. The van der Waals surface area contributed by atoms with Crippen molar-refractivity contribution in [1.82, 2.24) is 4.98 Å². The minimum Gasteiger partial charge on any atom is -0.257 e. The Hall–Kier alpha value is -1.89. The van der Waals surface area contributed by atoms with Crippen molar-refractivity contribution in [1.29, 1.82) is 0 Å². The van der Waals surface area contributed by atoms with Gasteiger partial charge in [-0.05, 0) is 45.9 Å². The van der Waals surface area contributed by atoms with Crippen LogP contribution in [0.15, 0.2) is 42.6 Å². The highest BCUT2D eigenvalue weighted by molar-refractivity contribution is 5.88. The normalized spacial score (nSPS) is 14.2. The fourth-order valence-electron chi connectivity index (χ4n) is 2.74. The Morgan fingerprint density at radius 2 is 1.84 bits per heavy atom. The molecule has 0 amide bonds. The molecule has 1 aliphatic rings. The maximum atomic E-state index is 4.47. The van der Waals surface area contributed by atoms with Gasteiger partial charge in [-0.1, -0.05) is 45.0 Å². The molecule has 0 radical (unpaired) electrons. The quantitative estimate of drug-likeness (QED) is 0.726. The molecule has 19 heavy (non-hydrogen) atoms. The zero-order chi connectivity index (χ0) is 13.5. The van der Waals surface area contributed by atoms with Crippen molar-refractivity contribution in [3.8, 4) is 0 Å². The molecule has 1 aromatic carbocycles. The van der Waals surface area contributed by atoms with Gasteiger partial charge in [0, 0.05) is 12.6 Å². The molecule has 0 saturated heterocycles. The zero-order valence-electron chi connectivity index (χ0n) is 11.8. The molecule has 1 heterocycles. The van der Waals surface area contributed by atoms with E-state index < -0.39 is 0 Å². The summed E-state index contributed by atoms with van der Waals surface area (Å²) in [7, 11) is 0. The number of allylic oxidation sites excluding steroid dienone is 1. The zero-order valence-corrected chi connectivity index (χ0v) is 11.8. The molecule has 0 aliphatic heterocycles. The van der Waals surface area contributed by atoms with Crippen molar-refractivity contribution < 1.29 is 0 Å². The topological polar surface area (TPSA) is 12.9 Å². The third-order valence-corrected chi connectivity index (χ3v) is 3.70. The first kappa shape index (κ1) is 12.2. The van der Waals surface area contributed by atoms with Crippen molar-refractivity contribution in [3.63, 3.8) is 0 Å². The second kappa shape index (κ2) is 4.34. The number of benzene rings is 1. The number of pyridine rings is 1. The maximum Gasteiger partial charge on any atom is 0.0665 e. The van der Waals surface area contributed by atoms with E-state index in [4.69, 9.17) is 0 Å². The van der Waals surface area contributed by atoms with Gasteiger partial charge < -0.3 is 0 Å². The second-order valence-electron chi connectivity index (χ2n) is 6.19. The summed E-state index contributed by atoms with van der Waals surface area (Å²) >= 11 is 0. The van der Waals surface area contributed by atoms with Crippen molar-refractivity contribution in [2.24, 2.45) is 0 Å². The van der Waals surface area contributed by atoms with E-state index in [9.17, 15) is 0 Å². The van der Waals surface area contributed by atoms with Crippen LogP contribution < -0.4 is 0 Å². The van der Waals surface area contributed by atoms with Crippen molar-refractivity contribution in [3.05, 3.63) is 65.0 Å². The van der Waals surface area contributed by atoms with Gasteiger partial charge in [0.25, 0.3) is 0 Å². The molecule has 1 aliphatic carbocycles. The Morgan fingerprint density at radius 3 is 2.53 bits per heavy atom. The first-order chi connectivity index (χ1) is 9.05. The molecule has 2 aromatic rings. The Balaban J connectivity index is 2.08. The molecule has 0 saturated carbocycles. The van der Waals surface area contributed by atoms with E-state index in [1.54, 1.807) is 0 Å². The van der Waals surface area contributed by atoms with Gasteiger partial charge in [-0.3, -0.25) is 4.98 Å². The molecule has 1 aromatic heterocycles. The first-order valence-corrected chi connectivity index (χ1v) is 6.80. The van der Waals surface area contributed by atoms with Crippen LogP contribution in [0, 0.1) is 0 Å². The predicted molar refractivity (Wildman–Crippen MR) is 81.0 cm³/mol. The van der Waals surface area contributed by atoms with Crippen LogP contribution >= 0.6 is 0 Å². The third kappa shape index (κ3) is 2.21. The van der Waals surface area contributed by atoms with Gasteiger partial charge in [-0.25, -0.2) is 0 Å². The molecular weight excluding hydrogens is 230 g/mol. The van der Waals surface area contributed by atoms with Crippen LogP contribution in [-0.4, -0.2) is 4.98 Å². The van der Waals surface area contributed by atoms with E-state index in [1.807, 2.05) is 12.3 Å². The molecular formula is C18H19N. The molecule has 1 nitrogen and oxygen atoms in total. The van der Waals surface area contributed by atoms with Gasteiger partial charge >= 0.3 is 0 Å². The van der Waals surface area contributed by atoms with Crippen molar-refractivity contribution in [2.75, 3.05) is 0 Å². The smallest absolute Gasteiger partial charge is 0.0665 e. The molecule has 0 spiro atoms. The third-order valence-electron chi connectivity index (χ3n) is 3.70. The molecule has 0 fully saturated rings. The first-order valence-electron chi connectivity index (χ1n) is 6.80. The van der Waals surface area contributed by atoms with E-state index in [0.29, 0.717) is 0 Å². The molecule has 0 N–H and O–H groups in total. The number of hydrogen-bond donors (Lipinski definition) is 0. The lowest BCUT2D eigenvalue weighted by atomic mass is 9.83. The van der Waals surface area contributed by atoms with E-state index in [2.05, 4.69) is 62.2 Å². The highest BCUT2D eigenvalue weighted by Crippen LogP contribution is 2.37. The number of nitrogens with zero attached hydrogens (tertiary/aromatic N) is 1. The minimum atomic E-state index is 0.182. The maximum absolute atomic E-state index is 4.47. The van der Waals surface area contributed by atoms with E-state index in [0.717, 1.165) is 12.1 Å². The standard InChI is InChI=1S/C18H19N/c1-18(2,3)16-8-6-7-13-11-14(12-15(13)16)17-9-4-5-10-19-17/h4-10,12H,11H2,1-3H3. The summed E-state index contributed by atoms with van der Waals surface area (Å²) in [4.78, 5) is 4.47. The van der Waals surface area contributed by atoms with Gasteiger partial charge in [0.1, 0.15) is 0 Å². The summed E-state index contributed by atoms with van der Waals surface area (Å²) in [6.07, 6.45) is 5.18. The van der Waals surface area contributed by atoms with E-state index in [1.165, 1.54) is 22.3 Å². The van der Waals surface area contributed by atoms with Gasteiger partial charge in [0.15, 0.2) is 0 Å². The summed E-state index contributed by atoms with van der Waals surface area (Å²) in [5.74, 6) is 0. The van der Waals surface area contributed by atoms with Crippen LogP contribution in [0.1, 0.15) is 43.2 Å². The van der Waals surface area contributed by atoms with Crippen LogP contribution in [0.3, 0.4) is 0 Å². The Kier molecular flexibility index (Phi) is 2.78. The number of hydrogen-bond acceptors (Lipinski definition) is 1. The SMILES string of the molecule is CC(C)(C)c1cccc2c1C=C(c1ccccn1)C2. The molecule has 0 unspecified atom stereocenters. The minimum absolute atomic E-state index is 0.182. The summed E-state index contributed by atoms with van der Waals surface area (Å²) in [5.41, 5.74) is 6.85. The van der Waals surface area contributed by atoms with Gasteiger partial charge in [-0.2, -0.15) is 0 Å². The number of rotatable bonds is 1. The molecule has 0 bridgehead atoms. The summed E-state index contributed by atoms with van der Waals surface area (Å²) in [5, 5.41) is 0. The lowest BCUT2D eigenvalue weighted by Gasteiger charge is -2.22. The summed E-state index contributed by atoms with van der Waals surface area (Å²) in [6.45, 7) is 6.82. The highest BCUT2D eigenvalue weighted by Gasteiger charge is 2.23. The van der Waals surface area contributed by atoms with Gasteiger partial charge in [0.2, 0.25) is 0 Å². The Labute approximate surface area is 115 Å². The summed E-state index contributed by atoms with van der Waals surface area (Å²) in [6, 6.07) is 12.8.